The van der Waals surface area contributed by atoms with Crippen molar-refractivity contribution in [3.63, 3.8) is 0 Å². The van der Waals surface area contributed by atoms with Crippen LogP contribution in [0.1, 0.15) is 30.4 Å². The largest absolute Gasteiger partial charge is 0.477 e. The number of hydrogen-bond acceptors (Lipinski definition) is 6. The lowest BCUT2D eigenvalue weighted by molar-refractivity contribution is 0.0703. The van der Waals surface area contributed by atoms with E-state index in [1.54, 1.807) is 25.3 Å². The lowest BCUT2D eigenvalue weighted by Crippen LogP contribution is -2.18. The van der Waals surface area contributed by atoms with Gasteiger partial charge in [-0.25, -0.2) is 9.18 Å². The second-order valence-electron chi connectivity index (χ2n) is 7.91. The van der Waals surface area contributed by atoms with E-state index in [-0.39, 0.29) is 27.5 Å². The standard InChI is InChI=1S/C26H19ClFN2O5PS.C2H6/c1-2-34-36(33,23-10-9-17(27)12-18(23)28)30-20-14-24(37-25(20)26(31)32)16-7-5-15(6-8-16)22-13-19-21(35-22)4-3-11-29-19;1-2/h3-14H,2H2,1H3,(H,30,33)(H,31,32);1-2H3. The number of hydrogen-bond donors (Lipinski definition) is 2. The number of aromatic nitrogens is 1. The normalized spacial score (nSPS) is 12.4. The zero-order chi connectivity index (χ0) is 28.2. The summed E-state index contributed by atoms with van der Waals surface area (Å²) in [6, 6.07) is 18.1. The molecule has 0 amide bonds. The quantitative estimate of drug-likeness (QED) is 0.175. The minimum Gasteiger partial charge on any atom is -0.477 e. The van der Waals surface area contributed by atoms with Crippen LogP contribution in [0.5, 0.6) is 0 Å². The molecule has 0 bridgehead atoms. The average Bonchev–Trinajstić information content (AvgIpc) is 3.54. The predicted octanol–water partition coefficient (Wildman–Crippen LogP) is 8.71. The van der Waals surface area contributed by atoms with Gasteiger partial charge in [0.05, 0.1) is 17.6 Å². The molecular formula is C28H25ClFN2O5PS. The molecule has 0 fully saturated rings. The molecule has 1 atom stereocenters. The summed E-state index contributed by atoms with van der Waals surface area (Å²) >= 11 is 6.84. The fourth-order valence-corrected chi connectivity index (χ4v) is 6.80. The van der Waals surface area contributed by atoms with Gasteiger partial charge in [-0.15, -0.1) is 11.3 Å². The molecular weight excluding hydrogens is 562 g/mol. The first kappa shape index (κ1) is 28.5. The summed E-state index contributed by atoms with van der Waals surface area (Å²) in [4.78, 5) is 16.8. The van der Waals surface area contributed by atoms with Gasteiger partial charge in [0.2, 0.25) is 0 Å². The van der Waals surface area contributed by atoms with Crippen LogP contribution in [0.3, 0.4) is 0 Å². The van der Waals surface area contributed by atoms with E-state index in [9.17, 15) is 18.9 Å². The number of aromatic carboxylic acids is 1. The number of anilines is 1. The molecule has 2 N–H and O–H groups in total. The Labute approximate surface area is 233 Å². The molecule has 0 radical (unpaired) electrons. The van der Waals surface area contributed by atoms with E-state index in [1.807, 2.05) is 50.2 Å². The SMILES string of the molecule is CC.CCOP(=O)(Nc1cc(-c2ccc(-c3cc4ncccc4o3)cc2)sc1C(=O)O)c1ccc(Cl)cc1F. The number of carboxylic acids is 1. The highest BCUT2D eigenvalue weighted by Crippen LogP contribution is 2.49. The van der Waals surface area contributed by atoms with Crippen LogP contribution >= 0.6 is 30.5 Å². The number of rotatable bonds is 8. The molecule has 3 aromatic heterocycles. The predicted molar refractivity (Wildman–Crippen MR) is 155 cm³/mol. The first-order valence-electron chi connectivity index (χ1n) is 12.1. The van der Waals surface area contributed by atoms with Gasteiger partial charge in [-0.05, 0) is 48.9 Å². The highest BCUT2D eigenvalue weighted by Gasteiger charge is 2.32. The van der Waals surface area contributed by atoms with Gasteiger partial charge >= 0.3 is 13.5 Å². The van der Waals surface area contributed by atoms with Crippen LogP contribution in [0.15, 0.2) is 77.3 Å². The molecule has 11 heteroatoms. The van der Waals surface area contributed by atoms with Gasteiger partial charge in [-0.2, -0.15) is 0 Å². The molecule has 1 unspecified atom stereocenters. The Kier molecular flexibility index (Phi) is 8.87. The topological polar surface area (TPSA) is 102 Å². The van der Waals surface area contributed by atoms with E-state index in [0.717, 1.165) is 34.0 Å². The van der Waals surface area contributed by atoms with Crippen molar-refractivity contribution in [1.29, 1.82) is 0 Å². The smallest absolute Gasteiger partial charge is 0.348 e. The summed E-state index contributed by atoms with van der Waals surface area (Å²) in [5, 5.41) is 12.4. The lowest BCUT2D eigenvalue weighted by atomic mass is 10.1. The van der Waals surface area contributed by atoms with Crippen molar-refractivity contribution in [2.75, 3.05) is 11.7 Å². The highest BCUT2D eigenvalue weighted by molar-refractivity contribution is 7.68. The van der Waals surface area contributed by atoms with Crippen molar-refractivity contribution in [3.8, 4) is 21.8 Å². The van der Waals surface area contributed by atoms with Crippen LogP contribution < -0.4 is 10.4 Å². The second-order valence-corrected chi connectivity index (χ2v) is 11.5. The molecule has 0 aliphatic rings. The molecule has 0 saturated heterocycles. The Hall–Kier alpha value is -3.49. The van der Waals surface area contributed by atoms with Crippen LogP contribution in [0.4, 0.5) is 10.1 Å². The molecule has 3 heterocycles. The third kappa shape index (κ3) is 6.07. The van der Waals surface area contributed by atoms with Gasteiger partial charge in [0, 0.05) is 27.7 Å². The Morgan fingerprint density at radius 2 is 1.85 bits per heavy atom. The maximum absolute atomic E-state index is 14.6. The van der Waals surface area contributed by atoms with E-state index in [4.69, 9.17) is 20.5 Å². The number of halogens is 2. The van der Waals surface area contributed by atoms with Gasteiger partial charge < -0.3 is 19.1 Å². The van der Waals surface area contributed by atoms with Crippen molar-refractivity contribution in [1.82, 2.24) is 4.98 Å². The Bertz CT molecular complexity index is 1640. The molecule has 5 rings (SSSR count). The van der Waals surface area contributed by atoms with Gasteiger partial charge in [-0.1, -0.05) is 49.7 Å². The first-order chi connectivity index (χ1) is 18.8. The van der Waals surface area contributed by atoms with E-state index >= 15 is 0 Å². The van der Waals surface area contributed by atoms with Crippen molar-refractivity contribution in [2.45, 2.75) is 20.8 Å². The minimum absolute atomic E-state index is 0.00448. The van der Waals surface area contributed by atoms with Crippen LogP contribution in [-0.2, 0) is 9.09 Å². The van der Waals surface area contributed by atoms with Crippen LogP contribution in [0, 0.1) is 5.82 Å². The van der Waals surface area contributed by atoms with E-state index in [0.29, 0.717) is 16.2 Å². The fourth-order valence-electron chi connectivity index (χ4n) is 3.81. The average molecular weight is 587 g/mol. The molecule has 5 aromatic rings. The van der Waals surface area contributed by atoms with Crippen molar-refractivity contribution in [2.24, 2.45) is 0 Å². The van der Waals surface area contributed by atoms with Crippen molar-refractivity contribution in [3.05, 3.63) is 88.6 Å². The highest BCUT2D eigenvalue weighted by atomic mass is 35.5. The molecule has 39 heavy (non-hydrogen) atoms. The number of benzene rings is 2. The Balaban J connectivity index is 0.00000172. The second kappa shape index (κ2) is 12.1. The number of fused-ring (bicyclic) bond motifs is 1. The molecule has 0 aliphatic carbocycles. The fraction of sp³-hybridized carbons (Fsp3) is 0.143. The van der Waals surface area contributed by atoms with E-state index in [2.05, 4.69) is 10.1 Å². The number of carbonyl (C=O) groups is 1. The summed E-state index contributed by atoms with van der Waals surface area (Å²) < 4.78 is 39.6. The Morgan fingerprint density at radius 1 is 1.13 bits per heavy atom. The molecule has 0 saturated carbocycles. The van der Waals surface area contributed by atoms with Gasteiger partial charge in [0.25, 0.3) is 0 Å². The number of nitrogens with zero attached hydrogens (tertiary/aromatic N) is 1. The molecule has 7 nitrogen and oxygen atoms in total. The molecule has 0 spiro atoms. The summed E-state index contributed by atoms with van der Waals surface area (Å²) in [6.45, 7) is 5.61. The zero-order valence-electron chi connectivity index (χ0n) is 21.3. The lowest BCUT2D eigenvalue weighted by Gasteiger charge is -2.20. The van der Waals surface area contributed by atoms with Gasteiger partial charge in [-0.3, -0.25) is 9.55 Å². The first-order valence-corrected chi connectivity index (χ1v) is 14.9. The number of furan rings is 1. The van der Waals surface area contributed by atoms with Crippen LogP contribution in [-0.4, -0.2) is 22.7 Å². The summed E-state index contributed by atoms with van der Waals surface area (Å²) in [5.41, 5.74) is 3.05. The van der Waals surface area contributed by atoms with Crippen molar-refractivity contribution < 1.29 is 27.8 Å². The minimum atomic E-state index is -4.02. The van der Waals surface area contributed by atoms with E-state index in [1.165, 1.54) is 12.1 Å². The third-order valence-corrected chi connectivity index (χ3v) is 9.03. The summed E-state index contributed by atoms with van der Waals surface area (Å²) in [7, 11) is -4.02. The van der Waals surface area contributed by atoms with Gasteiger partial charge in [0.1, 0.15) is 22.0 Å². The number of thiophene rings is 1. The molecule has 0 aliphatic heterocycles. The maximum Gasteiger partial charge on any atom is 0.348 e. The molecule has 202 valence electrons. The molecule has 2 aromatic carbocycles. The number of pyridine rings is 1. The zero-order valence-corrected chi connectivity index (χ0v) is 23.7. The Morgan fingerprint density at radius 3 is 2.49 bits per heavy atom. The number of nitrogens with one attached hydrogen (secondary N) is 1. The summed E-state index contributed by atoms with van der Waals surface area (Å²) in [6.07, 6.45) is 1.69. The van der Waals surface area contributed by atoms with Gasteiger partial charge in [0.15, 0.2) is 5.58 Å². The maximum atomic E-state index is 14.6. The van der Waals surface area contributed by atoms with Crippen LogP contribution in [0.2, 0.25) is 5.02 Å². The summed E-state index contributed by atoms with van der Waals surface area (Å²) in [5.74, 6) is -1.38. The van der Waals surface area contributed by atoms with Crippen molar-refractivity contribution >= 4 is 58.5 Å². The number of carboxylic acid groups (broad SMARTS) is 1. The van der Waals surface area contributed by atoms with E-state index < -0.39 is 19.3 Å². The monoisotopic (exact) mass is 586 g/mol. The van der Waals surface area contributed by atoms with Crippen LogP contribution in [0.25, 0.3) is 32.9 Å². The third-order valence-electron chi connectivity index (χ3n) is 5.47.